The molecular weight excluding hydrogens is 568 g/mol. The highest BCUT2D eigenvalue weighted by Gasteiger charge is 2.27. The molecule has 0 aliphatic rings. The predicted octanol–water partition coefficient (Wildman–Crippen LogP) is 7.56. The van der Waals surface area contributed by atoms with Gasteiger partial charge in [-0.3, -0.25) is 0 Å². The smallest absolute Gasteiger partial charge is 0.147 e. The molecule has 0 heterocycles. The Morgan fingerprint density at radius 1 is 0.875 bits per heavy atom. The van der Waals surface area contributed by atoms with E-state index in [1.165, 1.54) is 0 Å². The number of hydrogen-bond acceptors (Lipinski definition) is 2. The van der Waals surface area contributed by atoms with Gasteiger partial charge in [-0.1, -0.05) is 20.8 Å². The zero-order valence-corrected chi connectivity index (χ0v) is 19.9. The van der Waals surface area contributed by atoms with Gasteiger partial charge in [0.25, 0.3) is 0 Å². The molecule has 0 aliphatic heterocycles. The van der Waals surface area contributed by atoms with E-state index in [-0.39, 0.29) is 11.2 Å². The number of benzene rings is 2. The molecule has 0 saturated carbocycles. The summed E-state index contributed by atoms with van der Waals surface area (Å²) in [6.45, 7) is 7.07. The number of aromatic hydroxyl groups is 1. The molecule has 1 N–H and O–H groups in total. The van der Waals surface area contributed by atoms with Crippen molar-refractivity contribution in [2.24, 2.45) is 0 Å². The fraction of sp³-hybridized carbons (Fsp3) is 0.333. The molecule has 6 heteroatoms. The molecule has 0 amide bonds. The minimum atomic E-state index is -0.257. The van der Waals surface area contributed by atoms with Crippen LogP contribution in [0.1, 0.15) is 38.3 Å². The van der Waals surface area contributed by atoms with Gasteiger partial charge < -0.3 is 9.84 Å². The molecule has 0 radical (unpaired) electrons. The van der Waals surface area contributed by atoms with E-state index in [0.29, 0.717) is 15.6 Å². The van der Waals surface area contributed by atoms with Crippen LogP contribution in [0.3, 0.4) is 0 Å². The fourth-order valence-electron chi connectivity index (χ4n) is 2.36. The number of hydrogen-bond donors (Lipinski definition) is 1. The van der Waals surface area contributed by atoms with Crippen LogP contribution in [0.5, 0.6) is 11.5 Å². The molecular formula is C18H18Br4O2. The van der Waals surface area contributed by atoms with Gasteiger partial charge in [0.2, 0.25) is 0 Å². The largest absolute Gasteiger partial charge is 0.506 e. The van der Waals surface area contributed by atoms with Crippen molar-refractivity contribution >= 4 is 63.7 Å². The third kappa shape index (κ3) is 4.19. The lowest BCUT2D eigenvalue weighted by molar-refractivity contribution is 0.313. The average molecular weight is 586 g/mol. The summed E-state index contributed by atoms with van der Waals surface area (Å²) in [6, 6.07) is 8.07. The van der Waals surface area contributed by atoms with Crippen LogP contribution < -0.4 is 4.74 Å². The molecule has 2 rings (SSSR count). The lowest BCUT2D eigenvalue weighted by Gasteiger charge is -2.28. The van der Waals surface area contributed by atoms with Crippen molar-refractivity contribution in [3.63, 3.8) is 0 Å². The van der Waals surface area contributed by atoms with E-state index < -0.39 is 0 Å². The van der Waals surface area contributed by atoms with E-state index in [4.69, 9.17) is 4.74 Å². The first-order valence-corrected chi connectivity index (χ1v) is 10.7. The summed E-state index contributed by atoms with van der Waals surface area (Å²) >= 11 is 14.1. The van der Waals surface area contributed by atoms with Crippen LogP contribution in [0.15, 0.2) is 42.2 Å². The van der Waals surface area contributed by atoms with E-state index in [1.807, 2.05) is 12.1 Å². The zero-order valence-electron chi connectivity index (χ0n) is 13.6. The second-order valence-corrected chi connectivity index (χ2v) is 9.45. The van der Waals surface area contributed by atoms with Crippen molar-refractivity contribution in [2.75, 3.05) is 6.61 Å². The molecule has 2 nitrogen and oxygen atoms in total. The van der Waals surface area contributed by atoms with Gasteiger partial charge in [0.15, 0.2) is 0 Å². The summed E-state index contributed by atoms with van der Waals surface area (Å²) in [7, 11) is 0. The highest BCUT2D eigenvalue weighted by atomic mass is 79.9. The Labute approximate surface area is 176 Å². The van der Waals surface area contributed by atoms with Crippen molar-refractivity contribution in [1.29, 1.82) is 0 Å². The topological polar surface area (TPSA) is 29.5 Å². The molecule has 0 fully saturated rings. The number of ether oxygens (including phenoxy) is 1. The van der Waals surface area contributed by atoms with Gasteiger partial charge in [-0.15, -0.1) is 0 Å². The monoisotopic (exact) mass is 582 g/mol. The van der Waals surface area contributed by atoms with Crippen LogP contribution in [0.2, 0.25) is 0 Å². The predicted molar refractivity (Wildman–Crippen MR) is 113 cm³/mol. The van der Waals surface area contributed by atoms with E-state index in [0.717, 1.165) is 32.2 Å². The maximum absolute atomic E-state index is 9.95. The molecule has 0 saturated heterocycles. The van der Waals surface area contributed by atoms with Crippen LogP contribution in [0.25, 0.3) is 0 Å². The summed E-state index contributed by atoms with van der Waals surface area (Å²) < 4.78 is 8.98. The summed E-state index contributed by atoms with van der Waals surface area (Å²) in [6.07, 6.45) is 0.960. The molecule has 130 valence electrons. The van der Waals surface area contributed by atoms with Crippen LogP contribution in [-0.2, 0) is 5.41 Å². The second kappa shape index (κ2) is 8.11. The molecule has 2 aromatic rings. The summed E-state index contributed by atoms with van der Waals surface area (Å²) in [5.74, 6) is 1.03. The van der Waals surface area contributed by atoms with Crippen molar-refractivity contribution in [3.8, 4) is 11.5 Å². The molecule has 0 atom stereocenters. The van der Waals surface area contributed by atoms with Crippen LogP contribution >= 0.6 is 63.7 Å². The standard InChI is InChI=1S/C18H18Br4O2/c1-4-5-24-17-14(21)8-11(9-15(17)22)18(2,3)10-6-12(19)16(23)13(20)7-10/h6-9,23H,4-5H2,1-3H3. The average Bonchev–Trinajstić information content (AvgIpc) is 2.51. The molecule has 0 spiro atoms. The van der Waals surface area contributed by atoms with Gasteiger partial charge in [-0.05, 0) is 106 Å². The number of phenolic OH excluding ortho intramolecular Hbond substituents is 1. The summed E-state index contributed by atoms with van der Waals surface area (Å²) in [5, 5.41) is 9.95. The highest BCUT2D eigenvalue weighted by Crippen LogP contribution is 2.43. The maximum Gasteiger partial charge on any atom is 0.147 e. The minimum Gasteiger partial charge on any atom is -0.506 e. The lowest BCUT2D eigenvalue weighted by Crippen LogP contribution is -2.19. The maximum atomic E-state index is 9.95. The lowest BCUT2D eigenvalue weighted by atomic mass is 9.78. The third-order valence-electron chi connectivity index (χ3n) is 3.91. The molecule has 24 heavy (non-hydrogen) atoms. The quantitative estimate of drug-likeness (QED) is 0.392. The number of rotatable bonds is 5. The first kappa shape index (κ1) is 20.3. The Bertz CT molecular complexity index is 711. The fourth-order valence-corrected chi connectivity index (χ4v) is 4.96. The van der Waals surface area contributed by atoms with Gasteiger partial charge in [0.05, 0.1) is 24.5 Å². The molecule has 0 unspecified atom stereocenters. The SMILES string of the molecule is CCCOc1c(Br)cc(C(C)(C)c2cc(Br)c(O)c(Br)c2)cc1Br. The molecule has 0 bridgehead atoms. The first-order chi connectivity index (χ1) is 11.2. The Hall–Kier alpha value is -0.0400. The molecule has 2 aromatic carbocycles. The Morgan fingerprint density at radius 3 is 1.71 bits per heavy atom. The minimum absolute atomic E-state index is 0.209. The Balaban J connectivity index is 2.50. The normalized spacial score (nSPS) is 11.6. The summed E-state index contributed by atoms with van der Waals surface area (Å²) in [4.78, 5) is 0. The van der Waals surface area contributed by atoms with Gasteiger partial charge >= 0.3 is 0 Å². The van der Waals surface area contributed by atoms with Gasteiger partial charge in [-0.2, -0.15) is 0 Å². The van der Waals surface area contributed by atoms with Gasteiger partial charge in [0.1, 0.15) is 11.5 Å². The first-order valence-electron chi connectivity index (χ1n) is 7.49. The van der Waals surface area contributed by atoms with Crippen molar-refractivity contribution in [3.05, 3.63) is 53.3 Å². The zero-order chi connectivity index (χ0) is 18.1. The van der Waals surface area contributed by atoms with E-state index in [9.17, 15) is 5.11 Å². The van der Waals surface area contributed by atoms with E-state index >= 15 is 0 Å². The van der Waals surface area contributed by atoms with Gasteiger partial charge in [-0.25, -0.2) is 0 Å². The molecule has 0 aliphatic carbocycles. The van der Waals surface area contributed by atoms with Crippen molar-refractivity contribution in [2.45, 2.75) is 32.6 Å². The highest BCUT2D eigenvalue weighted by molar-refractivity contribution is 9.11. The Morgan fingerprint density at radius 2 is 1.29 bits per heavy atom. The third-order valence-corrected chi connectivity index (χ3v) is 6.30. The molecule has 0 aromatic heterocycles. The Kier molecular flexibility index (Phi) is 6.85. The summed E-state index contributed by atoms with van der Waals surface area (Å²) in [5.41, 5.74) is 1.96. The van der Waals surface area contributed by atoms with Crippen molar-refractivity contribution < 1.29 is 9.84 Å². The van der Waals surface area contributed by atoms with Crippen LogP contribution in [-0.4, -0.2) is 11.7 Å². The van der Waals surface area contributed by atoms with Crippen LogP contribution in [0.4, 0.5) is 0 Å². The van der Waals surface area contributed by atoms with Crippen molar-refractivity contribution in [1.82, 2.24) is 0 Å². The van der Waals surface area contributed by atoms with E-state index in [1.54, 1.807) is 0 Å². The number of halogens is 4. The van der Waals surface area contributed by atoms with Gasteiger partial charge in [0, 0.05) is 5.41 Å². The van der Waals surface area contributed by atoms with Crippen LogP contribution in [0, 0.1) is 0 Å². The number of phenols is 1. The second-order valence-electron chi connectivity index (χ2n) is 6.03. The van der Waals surface area contributed by atoms with E-state index in [2.05, 4.69) is 96.6 Å².